The van der Waals surface area contributed by atoms with E-state index in [2.05, 4.69) is 35.8 Å². The summed E-state index contributed by atoms with van der Waals surface area (Å²) < 4.78 is 25.4. The molecule has 2 heterocycles. The predicted octanol–water partition coefficient (Wildman–Crippen LogP) is 3.24. The van der Waals surface area contributed by atoms with Crippen LogP contribution in [0.15, 0.2) is 52.2 Å². The summed E-state index contributed by atoms with van der Waals surface area (Å²) in [6.07, 6.45) is 1.96. The van der Waals surface area contributed by atoms with Gasteiger partial charge in [0.25, 0.3) is 5.91 Å². The zero-order chi connectivity index (χ0) is 24.1. The molecular weight excluding hydrogens is 467 g/mol. The molecule has 0 aliphatic heterocycles. The fourth-order valence-electron chi connectivity index (χ4n) is 2.95. The standard InChI is InChI=1S/C21H18ClFN8O3/c1-2-10-33-13-8-6-12(7-9-13)18-17(26-30-31(18)20-19(24)28-34-29-20)21(32)27-25-11-14-15(22)4-3-5-16(14)23/h3-9,11H,2,10H2,1H3,(H2,24,28)(H,27,32)/b25-11+. The molecule has 4 aromatic rings. The molecule has 0 radical (unpaired) electrons. The van der Waals surface area contributed by atoms with E-state index >= 15 is 0 Å². The number of hydrazone groups is 1. The summed E-state index contributed by atoms with van der Waals surface area (Å²) in [5, 5.41) is 19.1. The summed E-state index contributed by atoms with van der Waals surface area (Å²) in [5.41, 5.74) is 8.85. The molecule has 34 heavy (non-hydrogen) atoms. The summed E-state index contributed by atoms with van der Waals surface area (Å²) in [6.45, 7) is 2.57. The van der Waals surface area contributed by atoms with Gasteiger partial charge < -0.3 is 10.5 Å². The second-order valence-corrected chi connectivity index (χ2v) is 7.29. The van der Waals surface area contributed by atoms with Gasteiger partial charge in [-0.15, -0.1) is 5.10 Å². The maximum absolute atomic E-state index is 13.9. The third-order valence-electron chi connectivity index (χ3n) is 4.54. The number of rotatable bonds is 8. The van der Waals surface area contributed by atoms with E-state index < -0.39 is 11.7 Å². The van der Waals surface area contributed by atoms with E-state index in [-0.39, 0.29) is 33.6 Å². The molecule has 0 spiro atoms. The minimum absolute atomic E-state index is 0.0254. The van der Waals surface area contributed by atoms with Crippen LogP contribution in [0.3, 0.4) is 0 Å². The monoisotopic (exact) mass is 484 g/mol. The molecule has 0 saturated heterocycles. The van der Waals surface area contributed by atoms with Crippen molar-refractivity contribution in [3.8, 4) is 22.8 Å². The van der Waals surface area contributed by atoms with Gasteiger partial charge in [0.1, 0.15) is 17.3 Å². The Balaban J connectivity index is 1.67. The van der Waals surface area contributed by atoms with Crippen LogP contribution in [0.4, 0.5) is 10.2 Å². The Bertz CT molecular complexity index is 1320. The summed E-state index contributed by atoms with van der Waals surface area (Å²) >= 11 is 5.97. The number of hydrogen-bond donors (Lipinski definition) is 2. The van der Waals surface area contributed by atoms with Crippen molar-refractivity contribution in [3.63, 3.8) is 0 Å². The van der Waals surface area contributed by atoms with E-state index in [1.54, 1.807) is 24.3 Å². The number of nitrogens with two attached hydrogens (primary N) is 1. The SMILES string of the molecule is CCCOc1ccc(-c2c(C(=O)N/N=C/c3c(F)cccc3Cl)nnn2-c2nonc2N)cc1. The highest BCUT2D eigenvalue weighted by molar-refractivity contribution is 6.33. The molecule has 13 heteroatoms. The summed E-state index contributed by atoms with van der Waals surface area (Å²) in [5.74, 6) is -0.643. The maximum atomic E-state index is 13.9. The Morgan fingerprint density at radius 2 is 2.09 bits per heavy atom. The number of anilines is 1. The zero-order valence-electron chi connectivity index (χ0n) is 17.8. The molecule has 0 unspecified atom stereocenters. The van der Waals surface area contributed by atoms with Crippen molar-refractivity contribution < 1.29 is 18.6 Å². The number of ether oxygens (including phenoxy) is 1. The molecule has 0 aliphatic rings. The van der Waals surface area contributed by atoms with Crippen LogP contribution in [0, 0.1) is 5.82 Å². The van der Waals surface area contributed by atoms with Crippen molar-refractivity contribution in [2.45, 2.75) is 13.3 Å². The molecule has 11 nitrogen and oxygen atoms in total. The number of amides is 1. The highest BCUT2D eigenvalue weighted by Gasteiger charge is 2.25. The van der Waals surface area contributed by atoms with E-state index in [0.717, 1.165) is 12.6 Å². The van der Waals surface area contributed by atoms with Gasteiger partial charge in [0, 0.05) is 11.1 Å². The van der Waals surface area contributed by atoms with Crippen LogP contribution in [0.25, 0.3) is 17.1 Å². The summed E-state index contributed by atoms with van der Waals surface area (Å²) in [7, 11) is 0. The Morgan fingerprint density at radius 3 is 2.76 bits per heavy atom. The number of carbonyl (C=O) groups excluding carboxylic acids is 1. The number of hydrogen-bond acceptors (Lipinski definition) is 9. The fraction of sp³-hybridized carbons (Fsp3) is 0.143. The molecule has 0 fully saturated rings. The zero-order valence-corrected chi connectivity index (χ0v) is 18.5. The number of nitrogens with one attached hydrogen (secondary N) is 1. The minimum atomic E-state index is -0.716. The number of benzene rings is 2. The van der Waals surface area contributed by atoms with Crippen molar-refractivity contribution in [1.29, 1.82) is 0 Å². The van der Waals surface area contributed by atoms with E-state index in [0.29, 0.717) is 17.9 Å². The molecule has 174 valence electrons. The second-order valence-electron chi connectivity index (χ2n) is 6.88. The molecule has 3 N–H and O–H groups in total. The Labute approximate surface area is 197 Å². The van der Waals surface area contributed by atoms with Gasteiger partial charge in [-0.05, 0) is 53.1 Å². The Hall–Kier alpha value is -4.32. The lowest BCUT2D eigenvalue weighted by Crippen LogP contribution is -2.19. The Morgan fingerprint density at radius 1 is 1.29 bits per heavy atom. The summed E-state index contributed by atoms with van der Waals surface area (Å²) in [4.78, 5) is 12.9. The average molecular weight is 485 g/mol. The molecule has 0 bridgehead atoms. The number of nitrogens with zero attached hydrogens (tertiary/aromatic N) is 6. The van der Waals surface area contributed by atoms with E-state index in [4.69, 9.17) is 22.1 Å². The van der Waals surface area contributed by atoms with Gasteiger partial charge in [-0.1, -0.05) is 29.8 Å². The molecule has 0 saturated carbocycles. The van der Waals surface area contributed by atoms with Gasteiger partial charge in [0.2, 0.25) is 11.6 Å². The molecule has 4 rings (SSSR count). The van der Waals surface area contributed by atoms with Crippen molar-refractivity contribution in [2.75, 3.05) is 12.3 Å². The second kappa shape index (κ2) is 10.1. The lowest BCUT2D eigenvalue weighted by Gasteiger charge is -2.08. The van der Waals surface area contributed by atoms with Crippen LogP contribution in [0.2, 0.25) is 5.02 Å². The number of halogens is 2. The van der Waals surface area contributed by atoms with Crippen molar-refractivity contribution in [3.05, 3.63) is 64.6 Å². The first-order valence-electron chi connectivity index (χ1n) is 10.0. The predicted molar refractivity (Wildman–Crippen MR) is 121 cm³/mol. The maximum Gasteiger partial charge on any atom is 0.294 e. The molecule has 1 amide bonds. The number of carbonyl (C=O) groups is 1. The highest BCUT2D eigenvalue weighted by Crippen LogP contribution is 2.28. The van der Waals surface area contributed by atoms with E-state index in [9.17, 15) is 9.18 Å². The van der Waals surface area contributed by atoms with Gasteiger partial charge in [-0.3, -0.25) is 4.79 Å². The third kappa shape index (κ3) is 4.71. The third-order valence-corrected chi connectivity index (χ3v) is 4.87. The first kappa shape index (κ1) is 22.9. The smallest absolute Gasteiger partial charge is 0.294 e. The van der Waals surface area contributed by atoms with Crippen LogP contribution >= 0.6 is 11.6 Å². The van der Waals surface area contributed by atoms with Crippen LogP contribution in [0.1, 0.15) is 29.4 Å². The lowest BCUT2D eigenvalue weighted by atomic mass is 10.1. The van der Waals surface area contributed by atoms with Gasteiger partial charge >= 0.3 is 0 Å². The summed E-state index contributed by atoms with van der Waals surface area (Å²) in [6, 6.07) is 11.1. The molecule has 0 aliphatic carbocycles. The van der Waals surface area contributed by atoms with E-state index in [1.807, 2.05) is 6.92 Å². The largest absolute Gasteiger partial charge is 0.494 e. The molecular formula is C21H18ClFN8O3. The van der Waals surface area contributed by atoms with Crippen molar-refractivity contribution >= 4 is 29.5 Å². The van der Waals surface area contributed by atoms with Gasteiger partial charge in [-0.2, -0.15) is 9.78 Å². The first-order valence-corrected chi connectivity index (χ1v) is 10.4. The van der Waals surface area contributed by atoms with Crippen LogP contribution in [0.5, 0.6) is 5.75 Å². The number of aromatic nitrogens is 5. The van der Waals surface area contributed by atoms with E-state index in [1.165, 1.54) is 22.9 Å². The normalized spacial score (nSPS) is 11.1. The number of nitrogen functional groups attached to an aromatic ring is 1. The first-order chi connectivity index (χ1) is 16.5. The van der Waals surface area contributed by atoms with Crippen LogP contribution < -0.4 is 15.9 Å². The molecule has 2 aromatic heterocycles. The Kier molecular flexibility index (Phi) is 6.78. The van der Waals surface area contributed by atoms with Crippen molar-refractivity contribution in [1.82, 2.24) is 30.7 Å². The van der Waals surface area contributed by atoms with Gasteiger partial charge in [0.15, 0.2) is 5.69 Å². The molecule has 0 atom stereocenters. The molecule has 2 aromatic carbocycles. The minimum Gasteiger partial charge on any atom is -0.494 e. The highest BCUT2D eigenvalue weighted by atomic mass is 35.5. The topological polar surface area (TPSA) is 146 Å². The lowest BCUT2D eigenvalue weighted by molar-refractivity contribution is 0.0950. The van der Waals surface area contributed by atoms with Crippen LogP contribution in [-0.2, 0) is 0 Å². The van der Waals surface area contributed by atoms with Gasteiger partial charge in [-0.25, -0.2) is 14.4 Å². The average Bonchev–Trinajstić information content (AvgIpc) is 3.46. The van der Waals surface area contributed by atoms with Crippen molar-refractivity contribution in [2.24, 2.45) is 5.10 Å². The fourth-order valence-corrected chi connectivity index (χ4v) is 3.16. The van der Waals surface area contributed by atoms with Crippen LogP contribution in [-0.4, -0.2) is 44.0 Å². The quantitative estimate of drug-likeness (QED) is 0.286. The van der Waals surface area contributed by atoms with Gasteiger partial charge in [0.05, 0.1) is 17.8 Å².